The molecule has 0 spiro atoms. The zero-order chi connectivity index (χ0) is 14.9. The summed E-state index contributed by atoms with van der Waals surface area (Å²) in [6.07, 6.45) is 2.08. The molecule has 108 valence electrons. The van der Waals surface area contributed by atoms with Crippen molar-refractivity contribution in [2.45, 2.75) is 31.1 Å². The largest absolute Gasteiger partial charge is 0.481 e. The molecule has 2 rings (SSSR count). The van der Waals surface area contributed by atoms with Crippen molar-refractivity contribution in [1.29, 1.82) is 0 Å². The molecule has 1 N–H and O–H groups in total. The third-order valence-corrected chi connectivity index (χ3v) is 5.79. The number of nitro groups is 1. The molecule has 1 saturated carbocycles. The Morgan fingerprint density at radius 3 is 2.70 bits per heavy atom. The lowest BCUT2D eigenvalue weighted by molar-refractivity contribution is -0.385. The van der Waals surface area contributed by atoms with Crippen LogP contribution >= 0.6 is 27.7 Å². The van der Waals surface area contributed by atoms with Crippen LogP contribution in [0.1, 0.15) is 24.8 Å². The Kier molecular flexibility index (Phi) is 4.39. The monoisotopic (exact) mass is 359 g/mol. The highest BCUT2D eigenvalue weighted by Crippen LogP contribution is 2.52. The number of thioether (sulfide) groups is 1. The first-order valence-corrected chi connectivity index (χ1v) is 7.90. The van der Waals surface area contributed by atoms with Gasteiger partial charge >= 0.3 is 5.97 Å². The Bertz CT molecular complexity index is 572. The lowest BCUT2D eigenvalue weighted by atomic mass is 10.1. The first-order valence-electron chi connectivity index (χ1n) is 6.12. The van der Waals surface area contributed by atoms with Gasteiger partial charge in [0, 0.05) is 26.8 Å². The fourth-order valence-electron chi connectivity index (χ4n) is 2.05. The molecule has 0 saturated heterocycles. The number of aliphatic carboxylic acids is 1. The number of hydrogen-bond acceptors (Lipinski definition) is 4. The van der Waals surface area contributed by atoms with Crippen molar-refractivity contribution < 1.29 is 14.8 Å². The van der Waals surface area contributed by atoms with Gasteiger partial charge in [0.25, 0.3) is 5.69 Å². The van der Waals surface area contributed by atoms with Gasteiger partial charge in [-0.1, -0.05) is 0 Å². The molecule has 1 fully saturated rings. The molecule has 0 aromatic heterocycles. The Morgan fingerprint density at radius 1 is 1.55 bits per heavy atom. The van der Waals surface area contributed by atoms with Crippen molar-refractivity contribution >= 4 is 39.3 Å². The Balaban J connectivity index is 2.09. The number of carbonyl (C=O) groups is 1. The quantitative estimate of drug-likeness (QED) is 0.471. The molecule has 20 heavy (non-hydrogen) atoms. The topological polar surface area (TPSA) is 80.4 Å². The van der Waals surface area contributed by atoms with E-state index in [9.17, 15) is 14.9 Å². The molecule has 1 aliphatic rings. The van der Waals surface area contributed by atoms with E-state index in [2.05, 4.69) is 15.9 Å². The van der Waals surface area contributed by atoms with Crippen molar-refractivity contribution in [3.8, 4) is 0 Å². The van der Waals surface area contributed by atoms with Crippen molar-refractivity contribution in [2.75, 3.05) is 5.75 Å². The number of carboxylic acid groups (broad SMARTS) is 1. The van der Waals surface area contributed by atoms with E-state index >= 15 is 0 Å². The first-order chi connectivity index (χ1) is 9.33. The van der Waals surface area contributed by atoms with Crippen LogP contribution in [0.4, 0.5) is 5.69 Å². The van der Waals surface area contributed by atoms with Gasteiger partial charge < -0.3 is 5.11 Å². The van der Waals surface area contributed by atoms with E-state index in [1.165, 1.54) is 6.07 Å². The fraction of sp³-hybridized carbons (Fsp3) is 0.462. The molecule has 0 amide bonds. The summed E-state index contributed by atoms with van der Waals surface area (Å²) >= 11 is 4.91. The highest BCUT2D eigenvalue weighted by atomic mass is 79.9. The number of carboxylic acids is 1. The number of hydrogen-bond donors (Lipinski definition) is 1. The molecule has 5 nitrogen and oxygen atoms in total. The second-order valence-electron chi connectivity index (χ2n) is 5.19. The van der Waals surface area contributed by atoms with Crippen molar-refractivity contribution in [3.63, 3.8) is 0 Å². The summed E-state index contributed by atoms with van der Waals surface area (Å²) in [7, 11) is 0. The molecule has 0 heterocycles. The lowest BCUT2D eigenvalue weighted by Gasteiger charge is -2.13. The van der Waals surface area contributed by atoms with Gasteiger partial charge in [-0.15, -0.1) is 11.8 Å². The Labute approximate surface area is 129 Å². The van der Waals surface area contributed by atoms with Crippen LogP contribution in [-0.4, -0.2) is 21.8 Å². The summed E-state index contributed by atoms with van der Waals surface area (Å²) in [5, 5.41) is 19.7. The van der Waals surface area contributed by atoms with E-state index in [0.29, 0.717) is 10.0 Å². The van der Waals surface area contributed by atoms with E-state index < -0.39 is 10.9 Å². The molecular weight excluding hydrogens is 346 g/mol. The summed E-state index contributed by atoms with van der Waals surface area (Å²) in [5.41, 5.74) is 0.614. The summed E-state index contributed by atoms with van der Waals surface area (Å²) in [6.45, 7) is 1.71. The molecule has 7 heteroatoms. The second-order valence-corrected chi connectivity index (χ2v) is 7.06. The average molecular weight is 360 g/mol. The van der Waals surface area contributed by atoms with Crippen LogP contribution in [-0.2, 0) is 4.79 Å². The number of rotatable bonds is 6. The fourth-order valence-corrected chi connectivity index (χ4v) is 4.04. The van der Waals surface area contributed by atoms with Gasteiger partial charge in [0.1, 0.15) is 0 Å². The summed E-state index contributed by atoms with van der Waals surface area (Å²) in [5.74, 6) is -0.0307. The molecule has 0 radical (unpaired) electrons. The van der Waals surface area contributed by atoms with Crippen LogP contribution in [0.15, 0.2) is 21.5 Å². The van der Waals surface area contributed by atoms with Gasteiger partial charge in [0.2, 0.25) is 0 Å². The Morgan fingerprint density at radius 2 is 2.20 bits per heavy atom. The van der Waals surface area contributed by atoms with Gasteiger partial charge in [0.15, 0.2) is 0 Å². The lowest BCUT2D eigenvalue weighted by Crippen LogP contribution is -2.11. The minimum atomic E-state index is -0.762. The summed E-state index contributed by atoms with van der Waals surface area (Å²) in [4.78, 5) is 22.2. The Hall–Kier alpha value is -1.08. The van der Waals surface area contributed by atoms with Crippen LogP contribution < -0.4 is 0 Å². The molecule has 1 aliphatic carbocycles. The van der Waals surface area contributed by atoms with Crippen LogP contribution in [0.3, 0.4) is 0 Å². The molecular formula is C13H14BrNO4S. The average Bonchev–Trinajstić information content (AvgIpc) is 3.08. The highest BCUT2D eigenvalue weighted by Gasteiger charge is 2.44. The zero-order valence-corrected chi connectivity index (χ0v) is 13.3. The van der Waals surface area contributed by atoms with Gasteiger partial charge in [-0.2, -0.15) is 0 Å². The van der Waals surface area contributed by atoms with Crippen LogP contribution in [0.5, 0.6) is 0 Å². The maximum Gasteiger partial charge on any atom is 0.303 e. The first kappa shape index (κ1) is 15.3. The molecule has 0 atom stereocenters. The van der Waals surface area contributed by atoms with Gasteiger partial charge in [0.05, 0.1) is 11.3 Å². The van der Waals surface area contributed by atoms with E-state index in [1.54, 1.807) is 24.8 Å². The number of benzene rings is 1. The number of halogens is 1. The molecule has 1 aromatic carbocycles. The number of aryl methyl sites for hydroxylation is 1. The third kappa shape index (κ3) is 3.52. The molecule has 1 aromatic rings. The van der Waals surface area contributed by atoms with Gasteiger partial charge in [-0.3, -0.25) is 14.9 Å². The zero-order valence-electron chi connectivity index (χ0n) is 10.9. The predicted octanol–water partition coefficient (Wildman–Crippen LogP) is 4.01. The summed E-state index contributed by atoms with van der Waals surface area (Å²) in [6, 6.07) is 3.29. The normalized spacial score (nSPS) is 15.9. The maximum absolute atomic E-state index is 10.8. The van der Waals surface area contributed by atoms with Gasteiger partial charge in [-0.25, -0.2) is 0 Å². The van der Waals surface area contributed by atoms with Crippen molar-refractivity contribution in [1.82, 2.24) is 0 Å². The van der Waals surface area contributed by atoms with Gasteiger partial charge in [-0.05, 0) is 47.2 Å². The SMILES string of the molecule is Cc1cc(SCC2(CC(=O)O)CC2)c(Br)cc1[N+](=O)[O-]. The smallest absolute Gasteiger partial charge is 0.303 e. The second kappa shape index (κ2) is 5.73. The van der Waals surface area contributed by atoms with Crippen LogP contribution in [0.2, 0.25) is 0 Å². The minimum absolute atomic E-state index is 0.0906. The molecule has 0 aliphatic heterocycles. The summed E-state index contributed by atoms with van der Waals surface area (Å²) < 4.78 is 0.686. The van der Waals surface area contributed by atoms with Crippen molar-refractivity contribution in [3.05, 3.63) is 32.3 Å². The van der Waals surface area contributed by atoms with E-state index in [0.717, 1.165) is 23.5 Å². The highest BCUT2D eigenvalue weighted by molar-refractivity contribution is 9.10. The molecule has 0 unspecified atom stereocenters. The number of nitro benzene ring substituents is 1. The van der Waals surface area contributed by atoms with Crippen LogP contribution in [0.25, 0.3) is 0 Å². The molecule has 0 bridgehead atoms. The van der Waals surface area contributed by atoms with E-state index in [4.69, 9.17) is 5.11 Å². The maximum atomic E-state index is 10.8. The van der Waals surface area contributed by atoms with Crippen molar-refractivity contribution in [2.24, 2.45) is 5.41 Å². The minimum Gasteiger partial charge on any atom is -0.481 e. The third-order valence-electron chi connectivity index (χ3n) is 3.46. The standard InChI is InChI=1S/C13H14BrNO4S/c1-8-4-11(9(14)5-10(8)15(18)19)20-7-13(2-3-13)6-12(16)17/h4-5H,2-3,6-7H2,1H3,(H,16,17). The van der Waals surface area contributed by atoms with E-state index in [-0.39, 0.29) is 17.5 Å². The number of nitrogens with zero attached hydrogens (tertiary/aromatic N) is 1. The predicted molar refractivity (Wildman–Crippen MR) is 80.2 cm³/mol. The van der Waals surface area contributed by atoms with E-state index in [1.807, 2.05) is 0 Å². The van der Waals surface area contributed by atoms with Crippen LogP contribution in [0, 0.1) is 22.5 Å².